The van der Waals surface area contributed by atoms with Gasteiger partial charge < -0.3 is 19.4 Å². The normalized spacial score (nSPS) is 14.0. The van der Waals surface area contributed by atoms with E-state index in [2.05, 4.69) is 86.8 Å². The van der Waals surface area contributed by atoms with Crippen LogP contribution in [0.5, 0.6) is 0 Å². The van der Waals surface area contributed by atoms with Crippen LogP contribution >= 0.6 is 7.82 Å². The zero-order valence-corrected chi connectivity index (χ0v) is 55.6. The number of allylic oxidation sites excluding steroid dienone is 11. The molecule has 0 aliphatic rings. The summed E-state index contributed by atoms with van der Waals surface area (Å²) in [7, 11) is 1.50. The van der Waals surface area contributed by atoms with Crippen molar-refractivity contribution in [2.45, 2.75) is 335 Å². The minimum absolute atomic E-state index is 0.0390. The van der Waals surface area contributed by atoms with Crippen molar-refractivity contribution in [3.8, 4) is 0 Å². The first-order valence-electron chi connectivity index (χ1n) is 34.8. The molecule has 0 fully saturated rings. The fourth-order valence-corrected chi connectivity index (χ4v) is 10.8. The second kappa shape index (κ2) is 61.5. The molecule has 0 aromatic carbocycles. The standard InChI is InChI=1S/C72H133N2O7P/c1-7-10-13-16-19-22-25-28-30-32-34-35-36-37-38-39-41-43-45-47-50-53-56-59-62-65-72(76)81-70(63-60-57-54-51-48-27-24-21-18-15-12-9-3)69(68-80-82(77,78)79-67-66-74(4,5)6)73-71(75)64-61-58-55-52-49-46-44-42-40-33-31-29-26-23-20-17-14-11-8-2/h10,13,19,22,28,30,34-35,37-38,60,63,69-70H,7-9,11-12,14-18,20-21,23-27,29,31-33,36,39-59,61-62,64-68H2,1-6H3,(H-,73,75,77,78)/p+1/b13-10-,22-19-,30-28-,35-34-,38-37-,63-60+. The summed E-state index contributed by atoms with van der Waals surface area (Å²) in [6, 6.07) is -0.852. The van der Waals surface area contributed by atoms with E-state index in [-0.39, 0.29) is 31.5 Å². The number of carbonyl (C=O) groups excluding carboxylic acids is 2. The van der Waals surface area contributed by atoms with Crippen molar-refractivity contribution >= 4 is 19.7 Å². The van der Waals surface area contributed by atoms with Crippen molar-refractivity contribution < 1.29 is 37.3 Å². The lowest BCUT2D eigenvalue weighted by Crippen LogP contribution is -2.47. The molecule has 0 heterocycles. The molecule has 10 heteroatoms. The maximum atomic E-state index is 13.6. The Labute approximate surface area is 508 Å². The van der Waals surface area contributed by atoms with Crippen LogP contribution in [-0.4, -0.2) is 74.3 Å². The third kappa shape index (κ3) is 62.0. The van der Waals surface area contributed by atoms with Gasteiger partial charge in [-0.25, -0.2) is 4.57 Å². The summed E-state index contributed by atoms with van der Waals surface area (Å²) in [4.78, 5) is 37.9. The number of nitrogens with one attached hydrogen (secondary N) is 1. The summed E-state index contributed by atoms with van der Waals surface area (Å²) < 4.78 is 30.8. The predicted molar refractivity (Wildman–Crippen MR) is 355 cm³/mol. The van der Waals surface area contributed by atoms with Crippen LogP contribution in [0, 0.1) is 0 Å². The molecule has 478 valence electrons. The zero-order chi connectivity index (χ0) is 60.0. The molecular formula is C72H134N2O7P+. The van der Waals surface area contributed by atoms with Gasteiger partial charge in [0.05, 0.1) is 33.8 Å². The number of likely N-dealkylation sites (N-methyl/N-ethyl adjacent to an activating group) is 1. The van der Waals surface area contributed by atoms with E-state index in [4.69, 9.17) is 13.8 Å². The molecule has 0 aliphatic heterocycles. The summed E-state index contributed by atoms with van der Waals surface area (Å²) in [5, 5.41) is 3.07. The van der Waals surface area contributed by atoms with Crippen molar-refractivity contribution in [1.82, 2.24) is 5.32 Å². The second-order valence-electron chi connectivity index (χ2n) is 24.7. The van der Waals surface area contributed by atoms with Gasteiger partial charge in [-0.3, -0.25) is 18.6 Å². The average Bonchev–Trinajstić information content (AvgIpc) is 3.44. The number of amides is 1. The quantitative estimate of drug-likeness (QED) is 0.0205. The van der Waals surface area contributed by atoms with Crippen molar-refractivity contribution in [1.29, 1.82) is 0 Å². The number of esters is 1. The lowest BCUT2D eigenvalue weighted by molar-refractivity contribution is -0.870. The molecule has 0 rings (SSSR count). The molecular weight excluding hydrogens is 1040 g/mol. The largest absolute Gasteiger partial charge is 0.472 e. The van der Waals surface area contributed by atoms with Crippen molar-refractivity contribution in [2.24, 2.45) is 0 Å². The van der Waals surface area contributed by atoms with Crippen molar-refractivity contribution in [3.63, 3.8) is 0 Å². The summed E-state index contributed by atoms with van der Waals surface area (Å²) in [5.41, 5.74) is 0. The number of carbonyl (C=O) groups is 2. The molecule has 9 nitrogen and oxygen atoms in total. The number of quaternary nitrogens is 1. The maximum absolute atomic E-state index is 13.6. The van der Waals surface area contributed by atoms with Crippen LogP contribution in [0.2, 0.25) is 0 Å². The van der Waals surface area contributed by atoms with Crippen molar-refractivity contribution in [3.05, 3.63) is 72.9 Å². The monoisotopic (exact) mass is 1170 g/mol. The predicted octanol–water partition coefficient (Wildman–Crippen LogP) is 22.0. The molecule has 0 bridgehead atoms. The molecule has 0 aliphatic carbocycles. The van der Waals surface area contributed by atoms with E-state index in [0.717, 1.165) is 103 Å². The molecule has 3 atom stereocenters. The van der Waals surface area contributed by atoms with Crippen LogP contribution in [0.15, 0.2) is 72.9 Å². The minimum atomic E-state index is -4.45. The van der Waals surface area contributed by atoms with Gasteiger partial charge in [0.2, 0.25) is 5.91 Å². The highest BCUT2D eigenvalue weighted by molar-refractivity contribution is 7.47. The molecule has 2 N–H and O–H groups in total. The number of rotatable bonds is 63. The highest BCUT2D eigenvalue weighted by Gasteiger charge is 2.30. The fraction of sp³-hybridized carbons (Fsp3) is 0.806. The number of hydrogen-bond acceptors (Lipinski definition) is 6. The SMILES string of the molecule is CC/C=C\C/C=C\C/C=C\C/C=C\C/C=C\CCCCCCCCCCCC(=O)OC(/C=C/CCCCCCCCCCCC)C(COP(=O)(O)OCC[N+](C)(C)C)NC(=O)CCCCCCCCCCCCCCCCCCCCC. The Balaban J connectivity index is 5.10. The molecule has 0 saturated heterocycles. The Bertz CT molecular complexity index is 1630. The highest BCUT2D eigenvalue weighted by atomic mass is 31.2. The van der Waals surface area contributed by atoms with E-state index in [0.29, 0.717) is 17.4 Å². The molecule has 0 radical (unpaired) electrons. The van der Waals surface area contributed by atoms with Gasteiger partial charge >= 0.3 is 13.8 Å². The summed E-state index contributed by atoms with van der Waals surface area (Å²) in [6.07, 6.45) is 80.5. The topological polar surface area (TPSA) is 111 Å². The van der Waals surface area contributed by atoms with E-state index in [1.165, 1.54) is 186 Å². The first-order valence-corrected chi connectivity index (χ1v) is 36.3. The Morgan fingerprint density at radius 1 is 0.439 bits per heavy atom. The fourth-order valence-electron chi connectivity index (χ4n) is 10.1. The van der Waals surface area contributed by atoms with E-state index >= 15 is 0 Å². The molecule has 3 unspecified atom stereocenters. The first-order chi connectivity index (χ1) is 39.9. The number of nitrogens with zero attached hydrogens (tertiary/aromatic N) is 1. The van der Waals surface area contributed by atoms with Crippen LogP contribution in [0.25, 0.3) is 0 Å². The average molecular weight is 1170 g/mol. The van der Waals surface area contributed by atoms with Gasteiger partial charge in [-0.15, -0.1) is 0 Å². The Hall–Kier alpha value is -2.55. The number of phosphoric acid groups is 1. The lowest BCUT2D eigenvalue weighted by atomic mass is 10.0. The maximum Gasteiger partial charge on any atom is 0.472 e. The van der Waals surface area contributed by atoms with Crippen LogP contribution in [-0.2, 0) is 27.9 Å². The molecule has 0 spiro atoms. The van der Waals surface area contributed by atoms with Crippen LogP contribution < -0.4 is 5.32 Å². The second-order valence-corrected chi connectivity index (χ2v) is 26.1. The Morgan fingerprint density at radius 3 is 1.17 bits per heavy atom. The highest BCUT2D eigenvalue weighted by Crippen LogP contribution is 2.43. The first kappa shape index (κ1) is 79.5. The summed E-state index contributed by atoms with van der Waals surface area (Å²) in [5.74, 6) is -0.501. The van der Waals surface area contributed by atoms with Gasteiger partial charge in [0.25, 0.3) is 0 Å². The van der Waals surface area contributed by atoms with Crippen LogP contribution in [0.3, 0.4) is 0 Å². The van der Waals surface area contributed by atoms with Gasteiger partial charge in [0, 0.05) is 12.8 Å². The van der Waals surface area contributed by atoms with E-state index in [9.17, 15) is 19.0 Å². The van der Waals surface area contributed by atoms with Crippen molar-refractivity contribution in [2.75, 3.05) is 40.9 Å². The molecule has 1 amide bonds. The molecule has 0 aromatic heterocycles. The number of unbranched alkanes of at least 4 members (excludes halogenated alkanes) is 37. The lowest BCUT2D eigenvalue weighted by Gasteiger charge is -2.27. The summed E-state index contributed by atoms with van der Waals surface area (Å²) >= 11 is 0. The molecule has 0 saturated carbocycles. The Morgan fingerprint density at radius 2 is 0.780 bits per heavy atom. The van der Waals surface area contributed by atoms with Gasteiger partial charge in [-0.1, -0.05) is 306 Å². The van der Waals surface area contributed by atoms with E-state index in [1.54, 1.807) is 0 Å². The van der Waals surface area contributed by atoms with E-state index in [1.807, 2.05) is 33.3 Å². The minimum Gasteiger partial charge on any atom is -0.456 e. The van der Waals surface area contributed by atoms with Gasteiger partial charge in [0.15, 0.2) is 0 Å². The summed E-state index contributed by atoms with van der Waals surface area (Å²) in [6.45, 7) is 6.93. The number of ether oxygens (including phenoxy) is 1. The van der Waals surface area contributed by atoms with Gasteiger partial charge in [-0.2, -0.15) is 0 Å². The van der Waals surface area contributed by atoms with Crippen LogP contribution in [0.1, 0.15) is 323 Å². The third-order valence-corrected chi connectivity index (χ3v) is 16.4. The molecule has 82 heavy (non-hydrogen) atoms. The number of hydrogen-bond donors (Lipinski definition) is 2. The number of phosphoric ester groups is 1. The van der Waals surface area contributed by atoms with Crippen LogP contribution in [0.4, 0.5) is 0 Å². The third-order valence-electron chi connectivity index (χ3n) is 15.4. The Kier molecular flexibility index (Phi) is 59.6. The molecule has 0 aromatic rings. The van der Waals surface area contributed by atoms with Gasteiger partial charge in [-0.05, 0) is 76.7 Å². The van der Waals surface area contributed by atoms with E-state index < -0.39 is 20.0 Å². The zero-order valence-electron chi connectivity index (χ0n) is 54.7. The smallest absolute Gasteiger partial charge is 0.456 e. The van der Waals surface area contributed by atoms with Gasteiger partial charge in [0.1, 0.15) is 19.3 Å².